The molecule has 0 saturated carbocycles. The second-order valence-corrected chi connectivity index (χ2v) is 4.39. The van der Waals surface area contributed by atoms with Crippen LogP contribution in [-0.2, 0) is 0 Å². The minimum atomic E-state index is -0.732. The third-order valence-electron chi connectivity index (χ3n) is 2.42. The molecule has 0 radical (unpaired) electrons. The standard InChI is InChI=1S/C13H8Cl2F2/c14-10-2-1-3-11(17)12(10)13(15)8-4-6-9(16)7-5-8/h1-7,13H. The average molecular weight is 273 g/mol. The Hall–Kier alpha value is -1.12. The van der Waals surface area contributed by atoms with Crippen LogP contribution < -0.4 is 0 Å². The van der Waals surface area contributed by atoms with E-state index in [0.29, 0.717) is 5.56 Å². The van der Waals surface area contributed by atoms with Crippen LogP contribution in [0.1, 0.15) is 16.5 Å². The van der Waals surface area contributed by atoms with E-state index in [1.165, 1.54) is 36.4 Å². The minimum Gasteiger partial charge on any atom is -0.207 e. The molecule has 0 aliphatic rings. The average Bonchev–Trinajstić information content (AvgIpc) is 2.29. The van der Waals surface area contributed by atoms with E-state index >= 15 is 0 Å². The van der Waals surface area contributed by atoms with Crippen molar-refractivity contribution in [3.8, 4) is 0 Å². The molecule has 0 amide bonds. The van der Waals surface area contributed by atoms with Crippen molar-refractivity contribution in [3.05, 3.63) is 70.2 Å². The zero-order chi connectivity index (χ0) is 12.4. The summed E-state index contributed by atoms with van der Waals surface area (Å²) in [5.41, 5.74) is 0.808. The fourth-order valence-corrected chi connectivity index (χ4v) is 2.25. The number of benzene rings is 2. The summed E-state index contributed by atoms with van der Waals surface area (Å²) in [5, 5.41) is -0.473. The van der Waals surface area contributed by atoms with Crippen LogP contribution in [0.5, 0.6) is 0 Å². The van der Waals surface area contributed by atoms with Gasteiger partial charge in [-0.3, -0.25) is 0 Å². The zero-order valence-corrected chi connectivity index (χ0v) is 10.1. The fourth-order valence-electron chi connectivity index (χ4n) is 1.55. The molecule has 0 fully saturated rings. The Morgan fingerprint density at radius 2 is 1.59 bits per heavy atom. The fraction of sp³-hybridized carbons (Fsp3) is 0.0769. The van der Waals surface area contributed by atoms with E-state index in [4.69, 9.17) is 23.2 Å². The first-order chi connectivity index (χ1) is 8.09. The summed E-state index contributed by atoms with van der Waals surface area (Å²) >= 11 is 12.1. The van der Waals surface area contributed by atoms with Crippen molar-refractivity contribution in [2.75, 3.05) is 0 Å². The van der Waals surface area contributed by atoms with Crippen molar-refractivity contribution < 1.29 is 8.78 Å². The molecule has 1 atom stereocenters. The highest BCUT2D eigenvalue weighted by Gasteiger charge is 2.18. The van der Waals surface area contributed by atoms with Gasteiger partial charge in [0, 0.05) is 10.6 Å². The number of rotatable bonds is 2. The maximum Gasteiger partial charge on any atom is 0.129 e. The van der Waals surface area contributed by atoms with E-state index in [1.54, 1.807) is 6.07 Å². The normalized spacial score (nSPS) is 12.5. The Morgan fingerprint density at radius 3 is 2.18 bits per heavy atom. The Morgan fingerprint density at radius 1 is 0.941 bits per heavy atom. The highest BCUT2D eigenvalue weighted by molar-refractivity contribution is 6.33. The van der Waals surface area contributed by atoms with Gasteiger partial charge in [-0.05, 0) is 29.8 Å². The molecule has 0 bridgehead atoms. The summed E-state index contributed by atoms with van der Waals surface area (Å²) < 4.78 is 26.4. The van der Waals surface area contributed by atoms with Gasteiger partial charge in [-0.15, -0.1) is 11.6 Å². The van der Waals surface area contributed by atoms with E-state index in [9.17, 15) is 8.78 Å². The molecule has 1 unspecified atom stereocenters. The first-order valence-electron chi connectivity index (χ1n) is 4.93. The summed E-state index contributed by atoms with van der Waals surface area (Å²) in [4.78, 5) is 0. The minimum absolute atomic E-state index is 0.211. The molecule has 0 aliphatic heterocycles. The van der Waals surface area contributed by atoms with Gasteiger partial charge in [0.2, 0.25) is 0 Å². The van der Waals surface area contributed by atoms with Crippen LogP contribution in [-0.4, -0.2) is 0 Å². The van der Waals surface area contributed by atoms with E-state index in [1.807, 2.05) is 0 Å². The first kappa shape index (κ1) is 12.3. The summed E-state index contributed by atoms with van der Waals surface area (Å²) in [7, 11) is 0. The number of alkyl halides is 1. The third kappa shape index (κ3) is 2.59. The van der Waals surface area contributed by atoms with Gasteiger partial charge in [0.05, 0.1) is 5.38 Å². The van der Waals surface area contributed by atoms with E-state index in [-0.39, 0.29) is 16.4 Å². The van der Waals surface area contributed by atoms with Crippen LogP contribution in [0.2, 0.25) is 5.02 Å². The Bertz CT molecular complexity index is 503. The highest BCUT2D eigenvalue weighted by atomic mass is 35.5. The van der Waals surface area contributed by atoms with Crippen molar-refractivity contribution in [1.29, 1.82) is 0 Å². The Labute approximate surface area is 108 Å². The second-order valence-electron chi connectivity index (χ2n) is 3.55. The lowest BCUT2D eigenvalue weighted by atomic mass is 10.0. The van der Waals surface area contributed by atoms with Gasteiger partial charge in [-0.2, -0.15) is 0 Å². The molecule has 0 nitrogen and oxygen atoms in total. The highest BCUT2D eigenvalue weighted by Crippen LogP contribution is 2.35. The molecule has 0 heterocycles. The zero-order valence-electron chi connectivity index (χ0n) is 8.63. The van der Waals surface area contributed by atoms with Gasteiger partial charge in [0.15, 0.2) is 0 Å². The smallest absolute Gasteiger partial charge is 0.129 e. The number of hydrogen-bond donors (Lipinski definition) is 0. The monoisotopic (exact) mass is 272 g/mol. The van der Waals surface area contributed by atoms with Gasteiger partial charge in [-0.1, -0.05) is 29.8 Å². The lowest BCUT2D eigenvalue weighted by Gasteiger charge is -2.13. The molecular weight excluding hydrogens is 265 g/mol. The molecule has 0 spiro atoms. The van der Waals surface area contributed by atoms with Gasteiger partial charge in [-0.25, -0.2) is 8.78 Å². The molecule has 2 aromatic rings. The molecule has 0 saturated heterocycles. The van der Waals surface area contributed by atoms with Crippen LogP contribution in [0.15, 0.2) is 42.5 Å². The largest absolute Gasteiger partial charge is 0.207 e. The van der Waals surface area contributed by atoms with Gasteiger partial charge in [0.25, 0.3) is 0 Å². The first-order valence-corrected chi connectivity index (χ1v) is 5.74. The van der Waals surface area contributed by atoms with Crippen LogP contribution in [0, 0.1) is 11.6 Å². The quantitative estimate of drug-likeness (QED) is 0.679. The van der Waals surface area contributed by atoms with Crippen LogP contribution >= 0.6 is 23.2 Å². The van der Waals surface area contributed by atoms with E-state index in [0.717, 1.165) is 0 Å². The summed E-state index contributed by atoms with van der Waals surface area (Å²) in [6.07, 6.45) is 0. The summed E-state index contributed by atoms with van der Waals surface area (Å²) in [6.45, 7) is 0. The second kappa shape index (κ2) is 5.03. The maximum absolute atomic E-state index is 13.6. The van der Waals surface area contributed by atoms with Gasteiger partial charge in [0.1, 0.15) is 11.6 Å². The van der Waals surface area contributed by atoms with Crippen molar-refractivity contribution in [3.63, 3.8) is 0 Å². The lowest BCUT2D eigenvalue weighted by Crippen LogP contribution is -1.98. The molecule has 2 rings (SSSR count). The molecule has 88 valence electrons. The van der Waals surface area contributed by atoms with Gasteiger partial charge < -0.3 is 0 Å². The van der Waals surface area contributed by atoms with Crippen LogP contribution in [0.3, 0.4) is 0 Å². The topological polar surface area (TPSA) is 0 Å². The Balaban J connectivity index is 2.43. The molecular formula is C13H8Cl2F2. The molecule has 17 heavy (non-hydrogen) atoms. The summed E-state index contributed by atoms with van der Waals surface area (Å²) in [5.74, 6) is -0.834. The molecule has 0 aliphatic carbocycles. The number of halogens is 4. The maximum atomic E-state index is 13.6. The molecule has 4 heteroatoms. The molecule has 2 aromatic carbocycles. The molecule has 0 aromatic heterocycles. The lowest BCUT2D eigenvalue weighted by molar-refractivity contribution is 0.611. The van der Waals surface area contributed by atoms with Crippen molar-refractivity contribution in [1.82, 2.24) is 0 Å². The van der Waals surface area contributed by atoms with E-state index in [2.05, 4.69) is 0 Å². The molecule has 0 N–H and O–H groups in total. The SMILES string of the molecule is Fc1ccc(C(Cl)c2c(F)cccc2Cl)cc1. The number of hydrogen-bond acceptors (Lipinski definition) is 0. The van der Waals surface area contributed by atoms with Crippen LogP contribution in [0.25, 0.3) is 0 Å². The van der Waals surface area contributed by atoms with E-state index < -0.39 is 11.2 Å². The predicted octanol–water partition coefficient (Wildman–Crippen LogP) is 4.95. The third-order valence-corrected chi connectivity index (χ3v) is 3.22. The van der Waals surface area contributed by atoms with Crippen molar-refractivity contribution in [2.24, 2.45) is 0 Å². The van der Waals surface area contributed by atoms with Crippen LogP contribution in [0.4, 0.5) is 8.78 Å². The van der Waals surface area contributed by atoms with Gasteiger partial charge >= 0.3 is 0 Å². The van der Waals surface area contributed by atoms with Crippen molar-refractivity contribution >= 4 is 23.2 Å². The summed E-state index contributed by atoms with van der Waals surface area (Å²) in [6, 6.07) is 9.94. The predicted molar refractivity (Wildman–Crippen MR) is 65.5 cm³/mol. The Kier molecular flexibility index (Phi) is 3.65. The van der Waals surface area contributed by atoms with Crippen molar-refractivity contribution in [2.45, 2.75) is 5.38 Å².